The van der Waals surface area contributed by atoms with Crippen molar-refractivity contribution in [1.82, 2.24) is 5.32 Å². The second-order valence-electron chi connectivity index (χ2n) is 2.17. The molecule has 0 aromatic carbocycles. The van der Waals surface area contributed by atoms with Gasteiger partial charge in [-0.1, -0.05) is 0 Å². The van der Waals surface area contributed by atoms with Gasteiger partial charge in [0.2, 0.25) is 5.91 Å². The molecule has 5 N–H and O–H groups in total. The quantitative estimate of drug-likeness (QED) is 0.369. The average molecular weight is 162 g/mol. The number of carbonyl (C=O) groups excluding carboxylic acids is 1. The van der Waals surface area contributed by atoms with Gasteiger partial charge in [-0.3, -0.25) is 4.79 Å². The van der Waals surface area contributed by atoms with E-state index < -0.39 is 6.04 Å². The molecular formula is C6H14N2O3. The van der Waals surface area contributed by atoms with E-state index in [9.17, 15) is 4.79 Å². The zero-order valence-electron chi connectivity index (χ0n) is 6.29. The number of amides is 1. The monoisotopic (exact) mass is 162 g/mol. The molecule has 5 nitrogen and oxygen atoms in total. The number of nitrogens with two attached hydrogens (primary N) is 1. The lowest BCUT2D eigenvalue weighted by Crippen LogP contribution is -2.40. The van der Waals surface area contributed by atoms with Gasteiger partial charge in [-0.25, -0.2) is 0 Å². The molecule has 0 aromatic rings. The van der Waals surface area contributed by atoms with Crippen LogP contribution in [0, 0.1) is 0 Å². The van der Waals surface area contributed by atoms with Crippen molar-refractivity contribution in [2.24, 2.45) is 5.73 Å². The van der Waals surface area contributed by atoms with Crippen LogP contribution >= 0.6 is 0 Å². The minimum absolute atomic E-state index is 0.219. The summed E-state index contributed by atoms with van der Waals surface area (Å²) in [6.45, 7) is -0.241. The van der Waals surface area contributed by atoms with E-state index in [0.29, 0.717) is 0 Å². The summed E-state index contributed by atoms with van der Waals surface area (Å²) in [5.74, 6) is -0.249. The zero-order chi connectivity index (χ0) is 8.69. The van der Waals surface area contributed by atoms with E-state index in [0.717, 1.165) is 0 Å². The van der Waals surface area contributed by atoms with Crippen LogP contribution in [0.2, 0.25) is 0 Å². The summed E-state index contributed by atoms with van der Waals surface area (Å²) in [5.41, 5.74) is 5.10. The van der Waals surface area contributed by atoms with Gasteiger partial charge in [0.25, 0.3) is 0 Å². The lowest BCUT2D eigenvalue weighted by Gasteiger charge is -2.12. The number of aliphatic hydroxyl groups excluding tert-OH is 2. The van der Waals surface area contributed by atoms with E-state index in [-0.39, 0.29) is 32.1 Å². The van der Waals surface area contributed by atoms with Crippen LogP contribution in [0.5, 0.6) is 0 Å². The lowest BCUT2D eigenvalue weighted by molar-refractivity contribution is -0.122. The summed E-state index contributed by atoms with van der Waals surface area (Å²) in [6, 6.07) is -0.561. The molecule has 0 radical (unpaired) electrons. The smallest absolute Gasteiger partial charge is 0.221 e. The molecule has 11 heavy (non-hydrogen) atoms. The van der Waals surface area contributed by atoms with E-state index in [2.05, 4.69) is 5.32 Å². The van der Waals surface area contributed by atoms with Crippen molar-refractivity contribution < 1.29 is 15.0 Å². The third kappa shape index (κ3) is 4.72. The second kappa shape index (κ2) is 6.09. The largest absolute Gasteiger partial charge is 0.394 e. The molecule has 0 atom stereocenters. The van der Waals surface area contributed by atoms with E-state index in [4.69, 9.17) is 15.9 Å². The van der Waals surface area contributed by atoms with Gasteiger partial charge in [0.05, 0.1) is 19.3 Å². The Bertz CT molecular complexity index is 114. The number of aliphatic hydroxyl groups is 2. The fourth-order valence-electron chi connectivity index (χ4n) is 0.580. The average Bonchev–Trinajstić information content (AvgIpc) is 2.01. The van der Waals surface area contributed by atoms with Gasteiger partial charge < -0.3 is 21.3 Å². The maximum absolute atomic E-state index is 10.8. The van der Waals surface area contributed by atoms with Gasteiger partial charge in [-0.15, -0.1) is 0 Å². The minimum atomic E-state index is -0.561. The van der Waals surface area contributed by atoms with Crippen LogP contribution in [0.1, 0.15) is 6.42 Å². The molecule has 5 heteroatoms. The fraction of sp³-hybridized carbons (Fsp3) is 0.833. The standard InChI is InChI=1S/C6H14N2O3/c7-2-1-6(11)8-5(3-9)4-10/h5,9-10H,1-4,7H2,(H,8,11). The van der Waals surface area contributed by atoms with Crippen molar-refractivity contribution in [3.8, 4) is 0 Å². The van der Waals surface area contributed by atoms with Crippen LogP contribution in [0.3, 0.4) is 0 Å². The Hall–Kier alpha value is -0.650. The van der Waals surface area contributed by atoms with Crippen molar-refractivity contribution in [1.29, 1.82) is 0 Å². The van der Waals surface area contributed by atoms with E-state index in [1.165, 1.54) is 0 Å². The first kappa shape index (κ1) is 10.3. The Morgan fingerprint density at radius 2 is 2.00 bits per heavy atom. The van der Waals surface area contributed by atoms with Crippen molar-refractivity contribution in [2.75, 3.05) is 19.8 Å². The highest BCUT2D eigenvalue weighted by Gasteiger charge is 2.07. The van der Waals surface area contributed by atoms with E-state index in [1.807, 2.05) is 0 Å². The number of rotatable bonds is 5. The van der Waals surface area contributed by atoms with Gasteiger partial charge in [-0.2, -0.15) is 0 Å². The molecule has 0 aliphatic carbocycles. The molecule has 0 heterocycles. The molecule has 0 aliphatic heterocycles. The van der Waals surface area contributed by atoms with Gasteiger partial charge in [0, 0.05) is 13.0 Å². The molecule has 0 saturated carbocycles. The summed E-state index contributed by atoms with van der Waals surface area (Å²) in [7, 11) is 0. The third-order valence-electron chi connectivity index (χ3n) is 1.18. The Morgan fingerprint density at radius 3 is 2.36 bits per heavy atom. The molecule has 0 rings (SSSR count). The third-order valence-corrected chi connectivity index (χ3v) is 1.18. The van der Waals surface area contributed by atoms with Crippen LogP contribution in [0.25, 0.3) is 0 Å². The molecule has 0 bridgehead atoms. The molecule has 1 amide bonds. The van der Waals surface area contributed by atoms with Gasteiger partial charge in [0.15, 0.2) is 0 Å². The Morgan fingerprint density at radius 1 is 1.45 bits per heavy atom. The van der Waals surface area contributed by atoms with Crippen molar-refractivity contribution in [3.63, 3.8) is 0 Å². The summed E-state index contributed by atoms with van der Waals surface area (Å²) < 4.78 is 0. The highest BCUT2D eigenvalue weighted by Crippen LogP contribution is 1.82. The van der Waals surface area contributed by atoms with Gasteiger partial charge in [0.1, 0.15) is 0 Å². The van der Waals surface area contributed by atoms with Gasteiger partial charge in [-0.05, 0) is 0 Å². The lowest BCUT2D eigenvalue weighted by atomic mass is 10.3. The van der Waals surface area contributed by atoms with Crippen LogP contribution in [-0.2, 0) is 4.79 Å². The SMILES string of the molecule is NCCC(=O)NC(CO)CO. The number of hydrogen-bond donors (Lipinski definition) is 4. The summed E-state index contributed by atoms with van der Waals surface area (Å²) in [4.78, 5) is 10.8. The highest BCUT2D eigenvalue weighted by atomic mass is 16.3. The molecule has 0 spiro atoms. The number of hydrogen-bond acceptors (Lipinski definition) is 4. The first-order chi connectivity index (χ1) is 5.24. The first-order valence-electron chi connectivity index (χ1n) is 3.45. The molecule has 0 unspecified atom stereocenters. The fourth-order valence-corrected chi connectivity index (χ4v) is 0.580. The van der Waals surface area contributed by atoms with Crippen LogP contribution in [-0.4, -0.2) is 41.9 Å². The molecule has 0 fully saturated rings. The highest BCUT2D eigenvalue weighted by molar-refractivity contribution is 5.76. The predicted octanol–water partition coefficient (Wildman–Crippen LogP) is -2.20. The van der Waals surface area contributed by atoms with Crippen LogP contribution in [0.4, 0.5) is 0 Å². The molecule has 66 valence electrons. The Labute approximate surface area is 65.2 Å². The topological polar surface area (TPSA) is 95.6 Å². The first-order valence-corrected chi connectivity index (χ1v) is 3.45. The second-order valence-corrected chi connectivity index (χ2v) is 2.17. The molecule has 0 aliphatic rings. The normalized spacial score (nSPS) is 10.2. The Kier molecular flexibility index (Phi) is 5.73. The molecular weight excluding hydrogens is 148 g/mol. The van der Waals surface area contributed by atoms with Crippen molar-refractivity contribution in [2.45, 2.75) is 12.5 Å². The maximum Gasteiger partial charge on any atom is 0.221 e. The Balaban J connectivity index is 3.54. The number of carbonyl (C=O) groups is 1. The number of nitrogens with one attached hydrogen (secondary N) is 1. The van der Waals surface area contributed by atoms with Crippen molar-refractivity contribution >= 4 is 5.91 Å². The summed E-state index contributed by atoms with van der Waals surface area (Å²) in [6.07, 6.45) is 0.219. The van der Waals surface area contributed by atoms with E-state index in [1.54, 1.807) is 0 Å². The van der Waals surface area contributed by atoms with Gasteiger partial charge >= 0.3 is 0 Å². The van der Waals surface area contributed by atoms with Crippen LogP contribution < -0.4 is 11.1 Å². The summed E-state index contributed by atoms with van der Waals surface area (Å²) >= 11 is 0. The summed E-state index contributed by atoms with van der Waals surface area (Å²) in [5, 5.41) is 19.5. The predicted molar refractivity (Wildman–Crippen MR) is 39.8 cm³/mol. The minimum Gasteiger partial charge on any atom is -0.394 e. The molecule has 0 aromatic heterocycles. The maximum atomic E-state index is 10.8. The molecule has 0 saturated heterocycles. The zero-order valence-corrected chi connectivity index (χ0v) is 6.29. The van der Waals surface area contributed by atoms with E-state index >= 15 is 0 Å². The van der Waals surface area contributed by atoms with Crippen molar-refractivity contribution in [3.05, 3.63) is 0 Å². The van der Waals surface area contributed by atoms with Crippen LogP contribution in [0.15, 0.2) is 0 Å².